The summed E-state index contributed by atoms with van der Waals surface area (Å²) in [5.41, 5.74) is 5.03. The Bertz CT molecular complexity index is 1230. The fourth-order valence-electron chi connectivity index (χ4n) is 3.58. The maximum Gasteiger partial charge on any atom is 0.258 e. The summed E-state index contributed by atoms with van der Waals surface area (Å²) < 4.78 is 29.4. The minimum absolute atomic E-state index is 0.00564. The number of carbonyl (C=O) groups is 1. The lowest BCUT2D eigenvalue weighted by molar-refractivity contribution is -0.0227. The number of aliphatic imine (C=N–C) groups is 1. The minimum Gasteiger partial charge on any atom is -0.398 e. The largest absolute Gasteiger partial charge is 0.398 e. The van der Waals surface area contributed by atoms with Crippen molar-refractivity contribution >= 4 is 25.7 Å². The Morgan fingerprint density at radius 1 is 1.23 bits per heavy atom. The van der Waals surface area contributed by atoms with Crippen molar-refractivity contribution in [2.45, 2.75) is 12.2 Å². The number of aromatic nitrogens is 1. The molecule has 154 valence electrons. The minimum atomic E-state index is -2.17. The lowest BCUT2D eigenvalue weighted by Crippen LogP contribution is -2.44. The van der Waals surface area contributed by atoms with E-state index in [-0.39, 0.29) is 40.2 Å². The standard InChI is InChI=1S/C22H17BF2N4O2/c1-27-10-14-7-16(18(25)9-19(14)26)12-4-5-13(17(24)8-12)11-29-21(30)15-3-2-6-28-20(15)22(29,23)31/h2-10,31H,11,26H2,1H3. The zero-order chi connectivity index (χ0) is 22.3. The maximum absolute atomic E-state index is 14.9. The SMILES string of the molecule is [B]C1(O)c2ncccc2C(=O)N1Cc1ccc(-c2cc(C=NC)c(N)cc2F)cc1F. The summed E-state index contributed by atoms with van der Waals surface area (Å²) in [7, 11) is 7.48. The van der Waals surface area contributed by atoms with Crippen LogP contribution < -0.4 is 5.73 Å². The molecule has 3 aromatic rings. The fourth-order valence-corrected chi connectivity index (χ4v) is 3.58. The summed E-state index contributed by atoms with van der Waals surface area (Å²) in [6.07, 6.45) is 2.89. The monoisotopic (exact) mass is 418 g/mol. The van der Waals surface area contributed by atoms with Gasteiger partial charge in [-0.1, -0.05) is 12.1 Å². The van der Waals surface area contributed by atoms with Gasteiger partial charge in [0.25, 0.3) is 5.91 Å². The van der Waals surface area contributed by atoms with Gasteiger partial charge in [0.2, 0.25) is 0 Å². The van der Waals surface area contributed by atoms with Crippen molar-refractivity contribution in [2.75, 3.05) is 12.8 Å². The molecule has 1 aliphatic rings. The molecule has 0 spiro atoms. The molecule has 2 aromatic carbocycles. The molecule has 1 aromatic heterocycles. The summed E-state index contributed by atoms with van der Waals surface area (Å²) in [6, 6.07) is 9.75. The van der Waals surface area contributed by atoms with Crippen LogP contribution in [0.4, 0.5) is 14.5 Å². The van der Waals surface area contributed by atoms with Crippen LogP contribution in [0.1, 0.15) is 27.2 Å². The molecule has 0 bridgehead atoms. The van der Waals surface area contributed by atoms with Crippen molar-refractivity contribution in [3.8, 4) is 11.1 Å². The van der Waals surface area contributed by atoms with Crippen molar-refractivity contribution < 1.29 is 18.7 Å². The molecule has 2 radical (unpaired) electrons. The van der Waals surface area contributed by atoms with Gasteiger partial charge in [-0.3, -0.25) is 14.8 Å². The van der Waals surface area contributed by atoms with Gasteiger partial charge >= 0.3 is 0 Å². The third kappa shape index (κ3) is 3.46. The number of hydrogen-bond donors (Lipinski definition) is 2. The predicted octanol–water partition coefficient (Wildman–Crippen LogP) is 2.58. The van der Waals surface area contributed by atoms with Crippen LogP contribution in [0.15, 0.2) is 53.7 Å². The number of amides is 1. The highest BCUT2D eigenvalue weighted by molar-refractivity contribution is 6.19. The summed E-state index contributed by atoms with van der Waals surface area (Å²) in [6.45, 7) is -0.299. The second kappa shape index (κ2) is 7.59. The molecule has 1 aliphatic heterocycles. The van der Waals surface area contributed by atoms with E-state index >= 15 is 0 Å². The van der Waals surface area contributed by atoms with E-state index in [0.29, 0.717) is 5.56 Å². The zero-order valence-electron chi connectivity index (χ0n) is 16.5. The number of carbonyl (C=O) groups excluding carboxylic acids is 1. The van der Waals surface area contributed by atoms with Gasteiger partial charge in [-0.25, -0.2) is 8.78 Å². The second-order valence-electron chi connectivity index (χ2n) is 7.17. The normalized spacial score (nSPS) is 18.1. The molecule has 1 atom stereocenters. The number of nitrogens with zero attached hydrogens (tertiary/aromatic N) is 3. The smallest absolute Gasteiger partial charge is 0.258 e. The quantitative estimate of drug-likeness (QED) is 0.387. The summed E-state index contributed by atoms with van der Waals surface area (Å²) in [4.78, 5) is 21.4. The average molecular weight is 418 g/mol. The van der Waals surface area contributed by atoms with E-state index < -0.39 is 23.2 Å². The molecule has 9 heteroatoms. The second-order valence-corrected chi connectivity index (χ2v) is 7.17. The van der Waals surface area contributed by atoms with Gasteiger partial charge in [0.1, 0.15) is 17.3 Å². The van der Waals surface area contributed by atoms with Crippen molar-refractivity contribution in [2.24, 2.45) is 4.99 Å². The van der Waals surface area contributed by atoms with Crippen LogP contribution in [0.2, 0.25) is 0 Å². The summed E-state index contributed by atoms with van der Waals surface area (Å²) in [5, 5.41) is 10.6. The first-order chi connectivity index (χ1) is 14.7. The number of fused-ring (bicyclic) bond motifs is 1. The molecule has 6 nitrogen and oxygen atoms in total. The van der Waals surface area contributed by atoms with Crippen molar-refractivity contribution in [1.82, 2.24) is 9.88 Å². The predicted molar refractivity (Wildman–Crippen MR) is 113 cm³/mol. The molecule has 1 unspecified atom stereocenters. The molecule has 0 saturated carbocycles. The molecule has 4 rings (SSSR count). The van der Waals surface area contributed by atoms with Gasteiger partial charge in [0.05, 0.1) is 17.8 Å². The summed E-state index contributed by atoms with van der Waals surface area (Å²) >= 11 is 0. The number of halogens is 2. The number of aliphatic hydroxyl groups is 1. The van der Waals surface area contributed by atoms with E-state index in [1.165, 1.54) is 36.7 Å². The molecule has 0 fully saturated rings. The average Bonchev–Trinajstić information content (AvgIpc) is 2.92. The van der Waals surface area contributed by atoms with Crippen LogP contribution in [0.25, 0.3) is 11.1 Å². The molecular formula is C22H17BF2N4O2. The Kier molecular flexibility index (Phi) is 5.06. The van der Waals surface area contributed by atoms with E-state index in [1.807, 2.05) is 0 Å². The lowest BCUT2D eigenvalue weighted by atomic mass is 9.87. The van der Waals surface area contributed by atoms with Crippen molar-refractivity contribution in [1.29, 1.82) is 0 Å². The topological polar surface area (TPSA) is 91.8 Å². The van der Waals surface area contributed by atoms with Crippen LogP contribution in [0.5, 0.6) is 0 Å². The zero-order valence-corrected chi connectivity index (χ0v) is 16.5. The molecule has 0 aliphatic carbocycles. The van der Waals surface area contributed by atoms with Crippen LogP contribution in [-0.2, 0) is 12.2 Å². The molecular weight excluding hydrogens is 401 g/mol. The van der Waals surface area contributed by atoms with E-state index in [0.717, 1.165) is 17.0 Å². The highest BCUT2D eigenvalue weighted by Gasteiger charge is 2.45. The molecule has 2 heterocycles. The lowest BCUT2D eigenvalue weighted by Gasteiger charge is -2.31. The molecule has 3 N–H and O–H groups in total. The third-order valence-corrected chi connectivity index (χ3v) is 5.18. The first kappa shape index (κ1) is 20.7. The number of nitrogens with two attached hydrogens (primary N) is 1. The first-order valence-electron chi connectivity index (χ1n) is 9.32. The molecule has 31 heavy (non-hydrogen) atoms. The van der Waals surface area contributed by atoms with Crippen molar-refractivity contribution in [3.63, 3.8) is 0 Å². The Morgan fingerprint density at radius 3 is 2.68 bits per heavy atom. The van der Waals surface area contributed by atoms with Gasteiger partial charge in [0, 0.05) is 41.8 Å². The number of rotatable bonds is 4. The third-order valence-electron chi connectivity index (χ3n) is 5.18. The first-order valence-corrected chi connectivity index (χ1v) is 9.32. The number of benzene rings is 2. The maximum atomic E-state index is 14.9. The van der Waals surface area contributed by atoms with E-state index in [1.54, 1.807) is 13.1 Å². The van der Waals surface area contributed by atoms with Crippen LogP contribution in [0.3, 0.4) is 0 Å². The van der Waals surface area contributed by atoms with E-state index in [2.05, 4.69) is 9.98 Å². The van der Waals surface area contributed by atoms with Crippen LogP contribution in [0, 0.1) is 11.6 Å². The number of nitrogen functional groups attached to an aromatic ring is 1. The molecule has 0 saturated heterocycles. The Hall–Kier alpha value is -3.59. The van der Waals surface area contributed by atoms with Crippen LogP contribution in [-0.4, -0.2) is 42.0 Å². The Balaban J connectivity index is 1.67. The van der Waals surface area contributed by atoms with Gasteiger partial charge in [-0.05, 0) is 35.9 Å². The van der Waals surface area contributed by atoms with Crippen molar-refractivity contribution in [3.05, 3.63) is 82.7 Å². The number of anilines is 1. The van der Waals surface area contributed by atoms with Gasteiger partial charge in [0.15, 0.2) is 7.85 Å². The Labute approximate surface area is 178 Å². The van der Waals surface area contributed by atoms with Gasteiger partial charge in [-0.2, -0.15) is 0 Å². The van der Waals surface area contributed by atoms with Crippen LogP contribution >= 0.6 is 0 Å². The molecule has 1 amide bonds. The fraction of sp³-hybridized carbons (Fsp3) is 0.136. The number of hydrogen-bond acceptors (Lipinski definition) is 5. The van der Waals surface area contributed by atoms with Gasteiger partial charge in [-0.15, -0.1) is 0 Å². The van der Waals surface area contributed by atoms with E-state index in [4.69, 9.17) is 13.6 Å². The van der Waals surface area contributed by atoms with E-state index in [9.17, 15) is 18.7 Å². The summed E-state index contributed by atoms with van der Waals surface area (Å²) in [5.74, 6) is -1.86. The number of pyridine rings is 1. The van der Waals surface area contributed by atoms with Gasteiger partial charge < -0.3 is 15.7 Å². The Morgan fingerprint density at radius 2 is 2.00 bits per heavy atom. The highest BCUT2D eigenvalue weighted by Crippen LogP contribution is 2.35. The highest BCUT2D eigenvalue weighted by atomic mass is 19.1.